The molecule has 2 atom stereocenters. The SMILES string of the molecule is CCOC(C)CCC(C(C)C)S(=O)(=O)NCCCCCCN. The summed E-state index contributed by atoms with van der Waals surface area (Å²) in [6, 6.07) is 0. The van der Waals surface area contributed by atoms with E-state index in [9.17, 15) is 8.42 Å². The summed E-state index contributed by atoms with van der Waals surface area (Å²) >= 11 is 0. The lowest BCUT2D eigenvalue weighted by atomic mass is 10.0. The molecule has 0 spiro atoms. The molecule has 0 radical (unpaired) electrons. The molecule has 0 saturated carbocycles. The van der Waals surface area contributed by atoms with Crippen LogP contribution in [-0.2, 0) is 14.8 Å². The highest BCUT2D eigenvalue weighted by Crippen LogP contribution is 2.19. The predicted octanol–water partition coefficient (Wildman–Crippen LogP) is 2.65. The Hall–Kier alpha value is -0.170. The zero-order chi connectivity index (χ0) is 17.0. The third-order valence-corrected chi connectivity index (χ3v) is 6.07. The second kappa shape index (κ2) is 12.3. The van der Waals surface area contributed by atoms with Crippen molar-refractivity contribution in [3.8, 4) is 0 Å². The highest BCUT2D eigenvalue weighted by Gasteiger charge is 2.28. The van der Waals surface area contributed by atoms with Crippen LogP contribution in [0, 0.1) is 5.92 Å². The Labute approximate surface area is 137 Å². The first-order valence-electron chi connectivity index (χ1n) is 8.65. The fourth-order valence-electron chi connectivity index (χ4n) is 2.56. The summed E-state index contributed by atoms with van der Waals surface area (Å²) in [7, 11) is -3.26. The fourth-order valence-corrected chi connectivity index (χ4v) is 4.36. The lowest BCUT2D eigenvalue weighted by Crippen LogP contribution is -2.38. The van der Waals surface area contributed by atoms with Crippen molar-refractivity contribution in [1.82, 2.24) is 4.72 Å². The van der Waals surface area contributed by atoms with Gasteiger partial charge in [-0.05, 0) is 52.0 Å². The molecule has 5 nitrogen and oxygen atoms in total. The maximum Gasteiger partial charge on any atom is 0.214 e. The van der Waals surface area contributed by atoms with Gasteiger partial charge in [0.15, 0.2) is 0 Å². The van der Waals surface area contributed by atoms with E-state index < -0.39 is 10.0 Å². The molecule has 22 heavy (non-hydrogen) atoms. The molecule has 0 bridgehead atoms. The molecule has 0 saturated heterocycles. The summed E-state index contributed by atoms with van der Waals surface area (Å²) in [6.07, 6.45) is 5.49. The summed E-state index contributed by atoms with van der Waals surface area (Å²) in [6.45, 7) is 9.79. The lowest BCUT2D eigenvalue weighted by Gasteiger charge is -2.23. The van der Waals surface area contributed by atoms with Crippen LogP contribution < -0.4 is 10.5 Å². The van der Waals surface area contributed by atoms with Crippen molar-refractivity contribution in [2.75, 3.05) is 19.7 Å². The van der Waals surface area contributed by atoms with Gasteiger partial charge in [0.1, 0.15) is 0 Å². The maximum absolute atomic E-state index is 12.5. The minimum absolute atomic E-state index is 0.101. The highest BCUT2D eigenvalue weighted by molar-refractivity contribution is 7.90. The first-order chi connectivity index (χ1) is 10.3. The van der Waals surface area contributed by atoms with Crippen LogP contribution in [0.4, 0.5) is 0 Å². The fraction of sp³-hybridized carbons (Fsp3) is 1.00. The molecule has 0 rings (SSSR count). The zero-order valence-electron chi connectivity index (χ0n) is 14.8. The Bertz CT molecular complexity index is 358. The summed E-state index contributed by atoms with van der Waals surface area (Å²) in [5.74, 6) is 0.101. The average Bonchev–Trinajstić information content (AvgIpc) is 2.42. The van der Waals surface area contributed by atoms with Crippen LogP contribution in [0.3, 0.4) is 0 Å². The predicted molar refractivity (Wildman–Crippen MR) is 93.4 cm³/mol. The van der Waals surface area contributed by atoms with E-state index >= 15 is 0 Å². The van der Waals surface area contributed by atoms with Gasteiger partial charge < -0.3 is 10.5 Å². The molecular formula is C16H36N2O3S. The average molecular weight is 337 g/mol. The van der Waals surface area contributed by atoms with Crippen molar-refractivity contribution in [1.29, 1.82) is 0 Å². The van der Waals surface area contributed by atoms with Gasteiger partial charge in [0.05, 0.1) is 11.4 Å². The third-order valence-electron chi connectivity index (χ3n) is 3.89. The van der Waals surface area contributed by atoms with Gasteiger partial charge in [-0.1, -0.05) is 26.7 Å². The number of ether oxygens (including phenoxy) is 1. The van der Waals surface area contributed by atoms with Gasteiger partial charge in [-0.2, -0.15) is 0 Å². The van der Waals surface area contributed by atoms with E-state index in [1.807, 2.05) is 27.7 Å². The zero-order valence-corrected chi connectivity index (χ0v) is 15.6. The van der Waals surface area contributed by atoms with Crippen molar-refractivity contribution in [3.63, 3.8) is 0 Å². The molecule has 2 unspecified atom stereocenters. The van der Waals surface area contributed by atoms with Crippen LogP contribution >= 0.6 is 0 Å². The van der Waals surface area contributed by atoms with Crippen LogP contribution in [0.5, 0.6) is 0 Å². The van der Waals surface area contributed by atoms with Gasteiger partial charge in [-0.25, -0.2) is 13.1 Å². The van der Waals surface area contributed by atoms with E-state index in [2.05, 4.69) is 4.72 Å². The van der Waals surface area contributed by atoms with Gasteiger partial charge in [-0.3, -0.25) is 0 Å². The van der Waals surface area contributed by atoms with Crippen LogP contribution in [-0.4, -0.2) is 39.5 Å². The summed E-state index contributed by atoms with van der Waals surface area (Å²) in [5, 5.41) is -0.348. The highest BCUT2D eigenvalue weighted by atomic mass is 32.2. The van der Waals surface area contributed by atoms with Crippen LogP contribution in [0.15, 0.2) is 0 Å². The third kappa shape index (κ3) is 9.77. The Morgan fingerprint density at radius 2 is 1.68 bits per heavy atom. The van der Waals surface area contributed by atoms with Crippen molar-refractivity contribution in [2.45, 2.75) is 77.6 Å². The summed E-state index contributed by atoms with van der Waals surface area (Å²) < 4.78 is 33.2. The Morgan fingerprint density at radius 1 is 1.05 bits per heavy atom. The molecule has 0 aromatic rings. The molecule has 0 heterocycles. The van der Waals surface area contributed by atoms with Gasteiger partial charge in [0, 0.05) is 13.2 Å². The molecule has 0 aliphatic heterocycles. The van der Waals surface area contributed by atoms with E-state index in [0.29, 0.717) is 26.1 Å². The molecule has 134 valence electrons. The first-order valence-corrected chi connectivity index (χ1v) is 10.2. The number of hydrogen-bond acceptors (Lipinski definition) is 4. The topological polar surface area (TPSA) is 81.4 Å². The van der Waals surface area contributed by atoms with E-state index in [1.165, 1.54) is 0 Å². The maximum atomic E-state index is 12.5. The molecule has 6 heteroatoms. The monoisotopic (exact) mass is 336 g/mol. The Balaban J connectivity index is 4.28. The number of hydrogen-bond donors (Lipinski definition) is 2. The van der Waals surface area contributed by atoms with Crippen molar-refractivity contribution in [3.05, 3.63) is 0 Å². The normalized spacial score (nSPS) is 15.2. The van der Waals surface area contributed by atoms with Gasteiger partial charge >= 0.3 is 0 Å². The van der Waals surface area contributed by atoms with Crippen molar-refractivity contribution in [2.24, 2.45) is 11.7 Å². The molecule has 0 aliphatic rings. The molecule has 0 fully saturated rings. The van der Waals surface area contributed by atoms with Crippen molar-refractivity contribution >= 4 is 10.0 Å². The lowest BCUT2D eigenvalue weighted by molar-refractivity contribution is 0.0680. The number of sulfonamides is 1. The van der Waals surface area contributed by atoms with E-state index in [4.69, 9.17) is 10.5 Å². The molecule has 3 N–H and O–H groups in total. The molecule has 0 aliphatic carbocycles. The van der Waals surface area contributed by atoms with Gasteiger partial charge in [-0.15, -0.1) is 0 Å². The van der Waals surface area contributed by atoms with Gasteiger partial charge in [0.2, 0.25) is 10.0 Å². The first kappa shape index (κ1) is 21.8. The number of nitrogens with two attached hydrogens (primary N) is 1. The van der Waals surface area contributed by atoms with E-state index in [-0.39, 0.29) is 17.3 Å². The molecule has 0 aromatic carbocycles. The second-order valence-electron chi connectivity index (χ2n) is 6.27. The van der Waals surface area contributed by atoms with E-state index in [0.717, 1.165) is 32.1 Å². The Morgan fingerprint density at radius 3 is 2.23 bits per heavy atom. The van der Waals surface area contributed by atoms with Crippen LogP contribution in [0.1, 0.15) is 66.2 Å². The minimum Gasteiger partial charge on any atom is -0.379 e. The van der Waals surface area contributed by atoms with Crippen molar-refractivity contribution < 1.29 is 13.2 Å². The number of nitrogens with one attached hydrogen (secondary N) is 1. The minimum atomic E-state index is -3.26. The number of unbranched alkanes of at least 4 members (excludes halogenated alkanes) is 3. The van der Waals surface area contributed by atoms with Crippen LogP contribution in [0.2, 0.25) is 0 Å². The quantitative estimate of drug-likeness (QED) is 0.478. The molecule has 0 aromatic heterocycles. The molecule has 0 amide bonds. The summed E-state index contributed by atoms with van der Waals surface area (Å²) in [5.41, 5.74) is 5.44. The molecular weight excluding hydrogens is 300 g/mol. The standard InChI is InChI=1S/C16H36N2O3S/c1-5-21-15(4)10-11-16(14(2)3)22(19,20)18-13-9-7-6-8-12-17/h14-16,18H,5-13,17H2,1-4H3. The van der Waals surface area contributed by atoms with E-state index in [1.54, 1.807) is 0 Å². The second-order valence-corrected chi connectivity index (χ2v) is 8.25. The Kier molecular flexibility index (Phi) is 12.2. The smallest absolute Gasteiger partial charge is 0.214 e. The van der Waals surface area contributed by atoms with Gasteiger partial charge in [0.25, 0.3) is 0 Å². The van der Waals surface area contributed by atoms with Crippen LogP contribution in [0.25, 0.3) is 0 Å². The largest absolute Gasteiger partial charge is 0.379 e. The number of rotatable bonds is 14. The summed E-state index contributed by atoms with van der Waals surface area (Å²) in [4.78, 5) is 0.